The lowest BCUT2D eigenvalue weighted by Crippen LogP contribution is -2.34. The molecule has 2 atom stereocenters. The van der Waals surface area contributed by atoms with Crippen LogP contribution >= 0.6 is 15.9 Å². The summed E-state index contributed by atoms with van der Waals surface area (Å²) in [5, 5.41) is 3.27. The molecule has 0 aliphatic heterocycles. The summed E-state index contributed by atoms with van der Waals surface area (Å²) in [6.45, 7) is 3.39. The SMILES string of the molecule is CC(CS(C)=O)NCCOc1cccc(Br)c1. The van der Waals surface area contributed by atoms with Crippen molar-refractivity contribution in [2.45, 2.75) is 13.0 Å². The second kappa shape index (κ2) is 7.84. The average Bonchev–Trinajstić information content (AvgIpc) is 2.23. The van der Waals surface area contributed by atoms with E-state index < -0.39 is 10.8 Å². The number of hydrogen-bond donors (Lipinski definition) is 1. The molecule has 0 aliphatic rings. The van der Waals surface area contributed by atoms with Gasteiger partial charge in [0.15, 0.2) is 0 Å². The molecular weight excluding hydrogens is 302 g/mol. The van der Waals surface area contributed by atoms with Crippen molar-refractivity contribution in [3.63, 3.8) is 0 Å². The van der Waals surface area contributed by atoms with Crippen molar-refractivity contribution in [2.75, 3.05) is 25.2 Å². The third kappa shape index (κ3) is 6.81. The predicted octanol–water partition coefficient (Wildman–Crippen LogP) is 2.18. The van der Waals surface area contributed by atoms with Crippen LogP contribution in [0.2, 0.25) is 0 Å². The molecule has 1 aromatic carbocycles. The first-order valence-corrected chi connectivity index (χ1v) is 8.01. The van der Waals surface area contributed by atoms with Gasteiger partial charge in [0.25, 0.3) is 0 Å². The topological polar surface area (TPSA) is 38.3 Å². The summed E-state index contributed by atoms with van der Waals surface area (Å²) in [5.74, 6) is 1.53. The summed E-state index contributed by atoms with van der Waals surface area (Å²) in [6, 6.07) is 8.02. The van der Waals surface area contributed by atoms with Crippen LogP contribution in [0.1, 0.15) is 6.92 Å². The first-order chi connectivity index (χ1) is 8.08. The summed E-state index contributed by atoms with van der Waals surface area (Å²) in [4.78, 5) is 0. The van der Waals surface area contributed by atoms with E-state index >= 15 is 0 Å². The van der Waals surface area contributed by atoms with Gasteiger partial charge in [-0.3, -0.25) is 4.21 Å². The van der Waals surface area contributed by atoms with Gasteiger partial charge in [0.1, 0.15) is 12.4 Å². The van der Waals surface area contributed by atoms with E-state index in [0.717, 1.165) is 16.8 Å². The zero-order valence-corrected chi connectivity index (χ0v) is 12.5. The van der Waals surface area contributed by atoms with Crippen LogP contribution in [0.3, 0.4) is 0 Å². The molecule has 0 saturated carbocycles. The van der Waals surface area contributed by atoms with Gasteiger partial charge in [-0.15, -0.1) is 0 Å². The zero-order valence-electron chi connectivity index (χ0n) is 10.1. The molecule has 5 heteroatoms. The first-order valence-electron chi connectivity index (χ1n) is 5.49. The molecule has 0 fully saturated rings. The van der Waals surface area contributed by atoms with Crippen LogP contribution < -0.4 is 10.1 Å². The maximum absolute atomic E-state index is 11.0. The Labute approximate surface area is 114 Å². The minimum absolute atomic E-state index is 0.256. The van der Waals surface area contributed by atoms with Crippen LogP contribution in [0.5, 0.6) is 5.75 Å². The highest BCUT2D eigenvalue weighted by molar-refractivity contribution is 9.10. The largest absolute Gasteiger partial charge is 0.492 e. The Morgan fingerprint density at radius 1 is 1.53 bits per heavy atom. The Bertz CT molecular complexity index is 373. The summed E-state index contributed by atoms with van der Waals surface area (Å²) < 4.78 is 17.6. The van der Waals surface area contributed by atoms with Gasteiger partial charge in [0.05, 0.1) is 0 Å². The number of benzene rings is 1. The maximum atomic E-state index is 11.0. The van der Waals surface area contributed by atoms with Gasteiger partial charge in [0, 0.05) is 39.9 Å². The van der Waals surface area contributed by atoms with Crippen molar-refractivity contribution < 1.29 is 8.95 Å². The molecule has 0 heterocycles. The van der Waals surface area contributed by atoms with E-state index in [1.54, 1.807) is 6.26 Å². The Morgan fingerprint density at radius 2 is 2.29 bits per heavy atom. The monoisotopic (exact) mass is 319 g/mol. The van der Waals surface area contributed by atoms with Gasteiger partial charge in [-0.1, -0.05) is 22.0 Å². The van der Waals surface area contributed by atoms with E-state index in [4.69, 9.17) is 4.74 Å². The molecule has 2 unspecified atom stereocenters. The molecule has 17 heavy (non-hydrogen) atoms. The Balaban J connectivity index is 2.18. The van der Waals surface area contributed by atoms with E-state index in [0.29, 0.717) is 12.4 Å². The highest BCUT2D eigenvalue weighted by Crippen LogP contribution is 2.17. The minimum atomic E-state index is -0.750. The van der Waals surface area contributed by atoms with E-state index in [2.05, 4.69) is 21.2 Å². The maximum Gasteiger partial charge on any atom is 0.120 e. The number of rotatable bonds is 7. The van der Waals surface area contributed by atoms with E-state index in [1.165, 1.54) is 0 Å². The van der Waals surface area contributed by atoms with Crippen LogP contribution in [0.15, 0.2) is 28.7 Å². The molecule has 96 valence electrons. The lowest BCUT2D eigenvalue weighted by Gasteiger charge is -2.12. The Morgan fingerprint density at radius 3 is 2.94 bits per heavy atom. The third-order valence-electron chi connectivity index (χ3n) is 2.14. The van der Waals surface area contributed by atoms with Crippen LogP contribution in [0.25, 0.3) is 0 Å². The number of ether oxygens (including phenoxy) is 1. The van der Waals surface area contributed by atoms with Crippen LogP contribution in [0, 0.1) is 0 Å². The van der Waals surface area contributed by atoms with Gasteiger partial charge in [-0.05, 0) is 25.1 Å². The fourth-order valence-electron chi connectivity index (χ4n) is 1.44. The lowest BCUT2D eigenvalue weighted by molar-refractivity contribution is 0.309. The van der Waals surface area contributed by atoms with E-state index in [9.17, 15) is 4.21 Å². The van der Waals surface area contributed by atoms with Crippen LogP contribution in [-0.4, -0.2) is 35.4 Å². The number of nitrogens with one attached hydrogen (secondary N) is 1. The second-order valence-electron chi connectivity index (χ2n) is 3.90. The Kier molecular flexibility index (Phi) is 6.77. The fraction of sp³-hybridized carbons (Fsp3) is 0.500. The molecule has 1 aromatic rings. The standard InChI is InChI=1S/C12H18BrNO2S/c1-10(9-17(2)15)14-6-7-16-12-5-3-4-11(13)8-12/h3-5,8,10,14H,6-7,9H2,1-2H3. The molecule has 0 bridgehead atoms. The molecule has 0 saturated heterocycles. The molecule has 0 aliphatic carbocycles. The van der Waals surface area contributed by atoms with Crippen LogP contribution in [-0.2, 0) is 10.8 Å². The van der Waals surface area contributed by atoms with Crippen molar-refractivity contribution in [3.05, 3.63) is 28.7 Å². The highest BCUT2D eigenvalue weighted by Gasteiger charge is 2.02. The zero-order chi connectivity index (χ0) is 12.7. The smallest absolute Gasteiger partial charge is 0.120 e. The number of hydrogen-bond acceptors (Lipinski definition) is 3. The average molecular weight is 320 g/mol. The van der Waals surface area contributed by atoms with Crippen molar-refractivity contribution >= 4 is 26.7 Å². The van der Waals surface area contributed by atoms with E-state index in [1.807, 2.05) is 31.2 Å². The number of halogens is 1. The Hall–Kier alpha value is -0.390. The summed E-state index contributed by atoms with van der Waals surface area (Å²) >= 11 is 3.39. The molecule has 1 rings (SSSR count). The van der Waals surface area contributed by atoms with Gasteiger partial charge in [-0.25, -0.2) is 0 Å². The summed E-state index contributed by atoms with van der Waals surface area (Å²) in [5.41, 5.74) is 0. The molecule has 1 N–H and O–H groups in total. The molecule has 0 aromatic heterocycles. The lowest BCUT2D eigenvalue weighted by atomic mass is 10.3. The molecular formula is C12H18BrNO2S. The second-order valence-corrected chi connectivity index (χ2v) is 6.30. The van der Waals surface area contributed by atoms with E-state index in [-0.39, 0.29) is 6.04 Å². The van der Waals surface area contributed by atoms with Crippen molar-refractivity contribution in [3.8, 4) is 5.75 Å². The molecule has 0 spiro atoms. The van der Waals surface area contributed by atoms with Gasteiger partial charge >= 0.3 is 0 Å². The quantitative estimate of drug-likeness (QED) is 0.783. The van der Waals surface area contributed by atoms with Crippen molar-refractivity contribution in [2.24, 2.45) is 0 Å². The predicted molar refractivity (Wildman–Crippen MR) is 76.0 cm³/mol. The highest BCUT2D eigenvalue weighted by atomic mass is 79.9. The van der Waals surface area contributed by atoms with Gasteiger partial charge in [0.2, 0.25) is 0 Å². The van der Waals surface area contributed by atoms with Crippen molar-refractivity contribution in [1.82, 2.24) is 5.32 Å². The fourth-order valence-corrected chi connectivity index (χ4v) is 2.64. The van der Waals surface area contributed by atoms with Gasteiger partial charge < -0.3 is 10.1 Å². The third-order valence-corrected chi connectivity index (χ3v) is 3.61. The van der Waals surface area contributed by atoms with Crippen molar-refractivity contribution in [1.29, 1.82) is 0 Å². The summed E-state index contributed by atoms with van der Waals surface area (Å²) in [7, 11) is -0.750. The normalized spacial score (nSPS) is 14.3. The molecule has 0 amide bonds. The summed E-state index contributed by atoms with van der Waals surface area (Å²) in [6.07, 6.45) is 1.72. The van der Waals surface area contributed by atoms with Crippen LogP contribution in [0.4, 0.5) is 0 Å². The minimum Gasteiger partial charge on any atom is -0.492 e. The van der Waals surface area contributed by atoms with Gasteiger partial charge in [-0.2, -0.15) is 0 Å². The molecule has 0 radical (unpaired) electrons. The molecule has 3 nitrogen and oxygen atoms in total. The first kappa shape index (κ1) is 14.7.